The number of hydrogen-bond donors (Lipinski definition) is 0. The Bertz CT molecular complexity index is 954. The zero-order chi connectivity index (χ0) is 41.1. The summed E-state index contributed by atoms with van der Waals surface area (Å²) < 4.78 is 151. The molecule has 1 unspecified atom stereocenters. The fraction of sp³-hybridized carbons (Fsp3) is 1.00. The molecule has 322 valence electrons. The highest BCUT2D eigenvalue weighted by atomic mass is 32.2. The minimum atomic E-state index is -7.12. The number of unbranched alkanes of at least 4 members (excludes halogenated alkanes) is 20. The molecule has 0 aliphatic carbocycles. The van der Waals surface area contributed by atoms with Crippen LogP contribution in [-0.4, -0.2) is 67.4 Å². The fourth-order valence-electron chi connectivity index (χ4n) is 6.13. The van der Waals surface area contributed by atoms with Gasteiger partial charge in [0.25, 0.3) is 6.36 Å². The van der Waals surface area contributed by atoms with Crippen LogP contribution in [-0.2, 0) is 14.9 Å². The number of hydrogen-bond acceptors (Lipinski definition) is 4. The molecule has 0 heterocycles. The maximum atomic E-state index is 12.4. The topological polar surface area (TPSA) is 66.4 Å². The molecule has 0 fully saturated rings. The lowest BCUT2D eigenvalue weighted by atomic mass is 10.1. The molecule has 0 bridgehead atoms. The monoisotopic (exact) mass is 830 g/mol. The SMILES string of the molecule is CCCCCCCCCCCCCC[P+](CCCCCC)(CCCCCC)CCCCCC.O=S(=O)([O-])C(F)(F)C(F)OC(F)(F)C(F)(F)C(F)(F)F. The van der Waals surface area contributed by atoms with E-state index in [1.807, 2.05) is 4.74 Å². The second-order valence-corrected chi connectivity index (χ2v) is 20.3. The molecule has 0 aromatic carbocycles. The summed E-state index contributed by atoms with van der Waals surface area (Å²) in [6.07, 6.45) is 22.9. The molecule has 0 saturated carbocycles. The van der Waals surface area contributed by atoms with Crippen LogP contribution in [0.3, 0.4) is 0 Å². The van der Waals surface area contributed by atoms with Gasteiger partial charge < -0.3 is 4.55 Å². The average molecular weight is 831 g/mol. The van der Waals surface area contributed by atoms with Crippen molar-refractivity contribution in [1.82, 2.24) is 0 Å². The summed E-state index contributed by atoms with van der Waals surface area (Å²) >= 11 is 0. The molecule has 0 aliphatic heterocycles. The molecule has 0 aromatic rings. The first-order chi connectivity index (χ1) is 24.6. The maximum absolute atomic E-state index is 12.4. The van der Waals surface area contributed by atoms with E-state index in [4.69, 9.17) is 0 Å². The lowest BCUT2D eigenvalue weighted by Crippen LogP contribution is -2.56. The minimum Gasteiger partial charge on any atom is -0.743 e. The average Bonchev–Trinajstić information content (AvgIpc) is 3.06. The van der Waals surface area contributed by atoms with Crippen LogP contribution in [0.1, 0.15) is 182 Å². The van der Waals surface area contributed by atoms with E-state index in [9.17, 15) is 56.9 Å². The highest BCUT2D eigenvalue weighted by Crippen LogP contribution is 2.61. The Kier molecular flexibility index (Phi) is 29.8. The Morgan fingerprint density at radius 1 is 0.491 bits per heavy atom. The largest absolute Gasteiger partial charge is 0.743 e. The molecule has 0 aliphatic rings. The summed E-state index contributed by atoms with van der Waals surface area (Å²) in [6, 6.07) is 0. The van der Waals surface area contributed by atoms with Gasteiger partial charge in [0, 0.05) is 7.26 Å². The van der Waals surface area contributed by atoms with Crippen LogP contribution in [0, 0.1) is 0 Å². The molecule has 0 radical (unpaired) electrons. The molecule has 0 spiro atoms. The van der Waals surface area contributed by atoms with Crippen molar-refractivity contribution in [2.24, 2.45) is 0 Å². The predicted molar refractivity (Wildman–Crippen MR) is 196 cm³/mol. The van der Waals surface area contributed by atoms with E-state index in [1.54, 1.807) is 50.3 Å². The third kappa shape index (κ3) is 23.4. The highest BCUT2D eigenvalue weighted by Gasteiger charge is 2.76. The second kappa shape index (κ2) is 28.9. The van der Waals surface area contributed by atoms with Crippen molar-refractivity contribution in [2.75, 3.05) is 24.6 Å². The van der Waals surface area contributed by atoms with E-state index in [0.29, 0.717) is 0 Å². The third-order valence-corrected chi connectivity index (χ3v) is 15.4. The van der Waals surface area contributed by atoms with Gasteiger partial charge in [-0.05, 0) is 51.4 Å². The van der Waals surface area contributed by atoms with Crippen LogP contribution in [0.4, 0.5) is 43.9 Å². The highest BCUT2D eigenvalue weighted by molar-refractivity contribution is 7.86. The van der Waals surface area contributed by atoms with Crippen LogP contribution < -0.4 is 0 Å². The van der Waals surface area contributed by atoms with Crippen LogP contribution >= 0.6 is 7.26 Å². The zero-order valence-electron chi connectivity index (χ0n) is 32.6. The van der Waals surface area contributed by atoms with Gasteiger partial charge in [-0.3, -0.25) is 4.74 Å². The first kappa shape index (κ1) is 54.7. The second-order valence-electron chi connectivity index (χ2n) is 14.3. The van der Waals surface area contributed by atoms with Crippen LogP contribution in [0.5, 0.6) is 0 Å². The van der Waals surface area contributed by atoms with Gasteiger partial charge in [-0.2, -0.15) is 39.5 Å². The van der Waals surface area contributed by atoms with Crippen molar-refractivity contribution in [2.45, 2.75) is 212 Å². The predicted octanol–water partition coefficient (Wildman–Crippen LogP) is 14.7. The molecular formula is C37H69F10O4PS. The summed E-state index contributed by atoms with van der Waals surface area (Å²) in [6.45, 7) is 9.41. The Hall–Kier alpha value is -0.400. The Labute approximate surface area is 314 Å². The van der Waals surface area contributed by atoms with Crippen LogP contribution in [0.15, 0.2) is 0 Å². The van der Waals surface area contributed by atoms with E-state index in [0.717, 1.165) is 0 Å². The van der Waals surface area contributed by atoms with Crippen molar-refractivity contribution in [3.8, 4) is 0 Å². The van der Waals surface area contributed by atoms with Crippen molar-refractivity contribution in [3.05, 3.63) is 0 Å². The smallest absolute Gasteiger partial charge is 0.462 e. The number of halogens is 10. The number of ether oxygens (including phenoxy) is 1. The lowest BCUT2D eigenvalue weighted by molar-refractivity contribution is -0.446. The van der Waals surface area contributed by atoms with Crippen molar-refractivity contribution in [3.63, 3.8) is 0 Å². The molecule has 4 nitrogen and oxygen atoms in total. The maximum Gasteiger partial charge on any atom is 0.462 e. The normalized spacial score (nSPS) is 13.9. The van der Waals surface area contributed by atoms with Gasteiger partial charge in [-0.15, -0.1) is 0 Å². The molecule has 0 N–H and O–H groups in total. The molecule has 1 atom stereocenters. The van der Waals surface area contributed by atoms with E-state index in [2.05, 4.69) is 27.7 Å². The first-order valence-corrected chi connectivity index (χ1v) is 23.9. The van der Waals surface area contributed by atoms with Gasteiger partial charge in [-0.25, -0.2) is 12.8 Å². The molecular weight excluding hydrogens is 761 g/mol. The van der Waals surface area contributed by atoms with Crippen LogP contribution in [0.25, 0.3) is 0 Å². The first-order valence-electron chi connectivity index (χ1n) is 19.9. The van der Waals surface area contributed by atoms with Gasteiger partial charge in [0.15, 0.2) is 10.1 Å². The summed E-state index contributed by atoms with van der Waals surface area (Å²) in [5.74, 6) is -7.12. The van der Waals surface area contributed by atoms with E-state index in [-0.39, 0.29) is 0 Å². The van der Waals surface area contributed by atoms with Crippen LogP contribution in [0.2, 0.25) is 0 Å². The standard InChI is InChI=1S/C32H68P.C5H2F10O4S/c1-5-9-13-17-18-19-20-21-22-23-24-28-32-33(29-25-14-10-6-2,30-26-15-11-7-3)31-27-16-12-8-4;6-1(2(7,8)20(16,17)18)19-5(14,15)3(9,10)4(11,12)13/h5-32H2,1-4H3;1H,(H,16,17,18)/q+1;/p-1. The minimum absolute atomic E-state index is 0.697. The van der Waals surface area contributed by atoms with Gasteiger partial charge in [0.05, 0.1) is 24.6 Å². The van der Waals surface area contributed by atoms with E-state index < -0.39 is 47.2 Å². The summed E-state index contributed by atoms with van der Waals surface area (Å²) in [7, 11) is -7.69. The molecule has 16 heteroatoms. The zero-order valence-corrected chi connectivity index (χ0v) is 34.4. The summed E-state index contributed by atoms with van der Waals surface area (Å²) in [5.41, 5.74) is 0. The van der Waals surface area contributed by atoms with Gasteiger partial charge in [-0.1, -0.05) is 130 Å². The molecule has 0 rings (SSSR count). The van der Waals surface area contributed by atoms with Gasteiger partial charge >= 0.3 is 23.5 Å². The number of rotatable bonds is 33. The van der Waals surface area contributed by atoms with Gasteiger partial charge in [0.2, 0.25) is 0 Å². The molecule has 0 amide bonds. The van der Waals surface area contributed by atoms with E-state index in [1.165, 1.54) is 128 Å². The Morgan fingerprint density at radius 3 is 0.981 bits per heavy atom. The van der Waals surface area contributed by atoms with Gasteiger partial charge in [0.1, 0.15) is 0 Å². The molecule has 53 heavy (non-hydrogen) atoms. The van der Waals surface area contributed by atoms with E-state index >= 15 is 0 Å². The van der Waals surface area contributed by atoms with Crippen molar-refractivity contribution in [1.29, 1.82) is 0 Å². The third-order valence-electron chi connectivity index (χ3n) is 9.51. The van der Waals surface area contributed by atoms with Crippen molar-refractivity contribution < 1.29 is 61.6 Å². The summed E-state index contributed by atoms with van der Waals surface area (Å²) in [5, 5.41) is -6.31. The Balaban J connectivity index is 0. The quantitative estimate of drug-likeness (QED) is 0.0286. The number of alkyl halides is 10. The summed E-state index contributed by atoms with van der Waals surface area (Å²) in [4.78, 5) is 0. The van der Waals surface area contributed by atoms with Crippen molar-refractivity contribution >= 4 is 17.4 Å². The molecule has 0 aromatic heterocycles. The Morgan fingerprint density at radius 2 is 0.736 bits per heavy atom. The fourth-order valence-corrected chi connectivity index (χ4v) is 11.3. The molecule has 0 saturated heterocycles. The lowest BCUT2D eigenvalue weighted by Gasteiger charge is -2.31.